The summed E-state index contributed by atoms with van der Waals surface area (Å²) in [5.41, 5.74) is -0.554. The molecule has 1 aromatic heterocycles. The van der Waals surface area contributed by atoms with Gasteiger partial charge in [0, 0.05) is 4.47 Å². The van der Waals surface area contributed by atoms with Gasteiger partial charge in [0.05, 0.1) is 0 Å². The molecule has 0 spiro atoms. The number of carbonyl (C=O) groups excluding carboxylic acids is 1. The maximum absolute atomic E-state index is 11.9. The zero-order chi connectivity index (χ0) is 14.7. The fraction of sp³-hybridized carbons (Fsp3) is 0. The third kappa shape index (κ3) is 3.31. The first-order valence-corrected chi connectivity index (χ1v) is 7.02. The number of benzene rings is 1. The van der Waals surface area contributed by atoms with Gasteiger partial charge in [-0.3, -0.25) is 19.4 Å². The van der Waals surface area contributed by atoms with E-state index in [0.717, 1.165) is 10.0 Å². The molecule has 0 bridgehead atoms. The molecule has 2 rings (SSSR count). The summed E-state index contributed by atoms with van der Waals surface area (Å²) in [6.45, 7) is 0. The number of carbonyl (C=O) groups is 1. The molecule has 0 saturated heterocycles. The second-order valence-corrected chi connectivity index (χ2v) is 5.65. The quantitative estimate of drug-likeness (QED) is 0.653. The van der Waals surface area contributed by atoms with E-state index in [1.165, 1.54) is 12.2 Å². The Morgan fingerprint density at radius 2 is 1.90 bits per heavy atom. The molecule has 0 fully saturated rings. The van der Waals surface area contributed by atoms with Crippen LogP contribution in [0.2, 0.25) is 0 Å². The number of hydrogen-bond acceptors (Lipinski definition) is 5. The predicted molar refractivity (Wildman–Crippen MR) is 80.4 cm³/mol. The normalized spacial score (nSPS) is 10.8. The highest BCUT2D eigenvalue weighted by atomic mass is 79.9. The van der Waals surface area contributed by atoms with Gasteiger partial charge in [0.2, 0.25) is 0 Å². The summed E-state index contributed by atoms with van der Waals surface area (Å²) >= 11 is 3.70. The van der Waals surface area contributed by atoms with Crippen molar-refractivity contribution >= 4 is 39.1 Å². The molecule has 20 heavy (non-hydrogen) atoms. The molecule has 0 saturated carbocycles. The molecule has 1 heterocycles. The highest BCUT2D eigenvalue weighted by molar-refractivity contribution is 9.10. The van der Waals surface area contributed by atoms with Crippen molar-refractivity contribution in [2.45, 2.75) is 0 Å². The Labute approximate surface area is 125 Å². The molecule has 0 atom stereocenters. The molecule has 0 aliphatic heterocycles. The van der Waals surface area contributed by atoms with Crippen molar-refractivity contribution in [3.05, 3.63) is 66.0 Å². The summed E-state index contributed by atoms with van der Waals surface area (Å²) in [7, 11) is 0. The number of aromatic nitrogens is 1. The molecule has 0 amide bonds. The van der Waals surface area contributed by atoms with Crippen LogP contribution in [-0.2, 0) is 0 Å². The number of rotatable bonds is 3. The molecule has 0 unspecified atom stereocenters. The van der Waals surface area contributed by atoms with Crippen molar-refractivity contribution in [1.82, 2.24) is 4.98 Å². The smallest absolute Gasteiger partial charge is 0.310 e. The SMILES string of the molecule is O=C(C=Cc1ccc(Br)cc1)c1c(O)sc(=O)[nH]c1=O. The maximum Gasteiger partial charge on any atom is 0.310 e. The highest BCUT2D eigenvalue weighted by Crippen LogP contribution is 2.16. The summed E-state index contributed by atoms with van der Waals surface area (Å²) in [5.74, 6) is -0.664. The van der Waals surface area contributed by atoms with E-state index in [9.17, 15) is 19.5 Å². The van der Waals surface area contributed by atoms with E-state index < -0.39 is 26.8 Å². The molecule has 1 aromatic carbocycles. The predicted octanol–water partition coefficient (Wildman–Crippen LogP) is 2.16. The first kappa shape index (κ1) is 14.4. The topological polar surface area (TPSA) is 87.2 Å². The summed E-state index contributed by atoms with van der Waals surface area (Å²) in [6.07, 6.45) is 2.69. The lowest BCUT2D eigenvalue weighted by Gasteiger charge is -1.97. The molecule has 2 aromatic rings. The van der Waals surface area contributed by atoms with Gasteiger partial charge >= 0.3 is 4.87 Å². The Bertz CT molecular complexity index is 789. The summed E-state index contributed by atoms with van der Waals surface area (Å²) in [5, 5.41) is 8.93. The van der Waals surface area contributed by atoms with Crippen LogP contribution in [0.15, 0.2) is 44.4 Å². The van der Waals surface area contributed by atoms with Gasteiger partial charge in [-0.2, -0.15) is 0 Å². The Kier molecular flexibility index (Phi) is 4.31. The van der Waals surface area contributed by atoms with Gasteiger partial charge in [-0.25, -0.2) is 0 Å². The lowest BCUT2D eigenvalue weighted by Crippen LogP contribution is -2.22. The Hall–Kier alpha value is -1.99. The number of H-pyrrole nitrogens is 1. The first-order valence-electron chi connectivity index (χ1n) is 5.42. The molecule has 5 nitrogen and oxygen atoms in total. The lowest BCUT2D eigenvalue weighted by molar-refractivity contribution is 0.104. The van der Waals surface area contributed by atoms with Crippen LogP contribution in [0.5, 0.6) is 5.06 Å². The molecular formula is C13H8BrNO4S. The zero-order valence-corrected chi connectivity index (χ0v) is 12.3. The Morgan fingerprint density at radius 1 is 1.25 bits per heavy atom. The van der Waals surface area contributed by atoms with Crippen molar-refractivity contribution in [3.8, 4) is 5.06 Å². The minimum atomic E-state index is -0.892. The van der Waals surface area contributed by atoms with Crippen LogP contribution in [-0.4, -0.2) is 15.9 Å². The van der Waals surface area contributed by atoms with Gasteiger partial charge < -0.3 is 5.11 Å². The minimum Gasteiger partial charge on any atom is -0.499 e. The van der Waals surface area contributed by atoms with Crippen LogP contribution in [0.1, 0.15) is 15.9 Å². The summed E-state index contributed by atoms with van der Waals surface area (Å²) in [4.78, 5) is 35.6. The molecular weight excluding hydrogens is 346 g/mol. The third-order valence-electron chi connectivity index (χ3n) is 2.39. The second kappa shape index (κ2) is 5.98. The third-order valence-corrected chi connectivity index (χ3v) is 3.60. The van der Waals surface area contributed by atoms with Crippen molar-refractivity contribution in [3.63, 3.8) is 0 Å². The number of hydrogen-bond donors (Lipinski definition) is 2. The van der Waals surface area contributed by atoms with E-state index in [1.54, 1.807) is 12.1 Å². The van der Waals surface area contributed by atoms with E-state index in [4.69, 9.17) is 0 Å². The number of nitrogens with one attached hydrogen (secondary N) is 1. The largest absolute Gasteiger partial charge is 0.499 e. The number of aromatic hydroxyl groups is 1. The number of halogens is 1. The summed E-state index contributed by atoms with van der Waals surface area (Å²) < 4.78 is 0.905. The standard InChI is InChI=1S/C13H8BrNO4S/c14-8-4-1-7(2-5-8)3-6-9(16)10-11(17)15-13(19)20-12(10)18/h1-6,18H,(H,15,17,19). The Morgan fingerprint density at radius 3 is 2.50 bits per heavy atom. The van der Waals surface area contributed by atoms with Crippen molar-refractivity contribution in [2.24, 2.45) is 0 Å². The van der Waals surface area contributed by atoms with E-state index >= 15 is 0 Å². The maximum atomic E-state index is 11.9. The van der Waals surface area contributed by atoms with Gasteiger partial charge in [-0.15, -0.1) is 0 Å². The monoisotopic (exact) mass is 353 g/mol. The van der Waals surface area contributed by atoms with Crippen LogP contribution in [0.25, 0.3) is 6.08 Å². The fourth-order valence-corrected chi connectivity index (χ4v) is 2.34. The first-order chi connectivity index (χ1) is 9.47. The molecule has 7 heteroatoms. The molecule has 0 aliphatic carbocycles. The van der Waals surface area contributed by atoms with Crippen LogP contribution in [0, 0.1) is 0 Å². The number of ketones is 1. The van der Waals surface area contributed by atoms with E-state index in [-0.39, 0.29) is 0 Å². The van der Waals surface area contributed by atoms with Crippen LogP contribution >= 0.6 is 27.3 Å². The molecule has 0 radical (unpaired) electrons. The van der Waals surface area contributed by atoms with Gasteiger partial charge in [-0.1, -0.05) is 34.1 Å². The van der Waals surface area contributed by atoms with Crippen molar-refractivity contribution in [2.75, 3.05) is 0 Å². The van der Waals surface area contributed by atoms with Crippen molar-refractivity contribution < 1.29 is 9.90 Å². The van der Waals surface area contributed by atoms with E-state index in [1.807, 2.05) is 17.1 Å². The van der Waals surface area contributed by atoms with Crippen molar-refractivity contribution in [1.29, 1.82) is 0 Å². The van der Waals surface area contributed by atoms with Gasteiger partial charge in [0.1, 0.15) is 5.56 Å². The van der Waals surface area contributed by atoms with E-state index in [2.05, 4.69) is 15.9 Å². The van der Waals surface area contributed by atoms with Crippen LogP contribution in [0.3, 0.4) is 0 Å². The lowest BCUT2D eigenvalue weighted by atomic mass is 10.1. The van der Waals surface area contributed by atoms with Gasteiger partial charge in [0.25, 0.3) is 5.56 Å². The van der Waals surface area contributed by atoms with E-state index in [0.29, 0.717) is 11.3 Å². The molecule has 0 aliphatic rings. The number of allylic oxidation sites excluding steroid dienone is 1. The number of aromatic amines is 1. The second-order valence-electron chi connectivity index (χ2n) is 3.77. The fourth-order valence-electron chi connectivity index (χ4n) is 1.46. The van der Waals surface area contributed by atoms with Crippen LogP contribution < -0.4 is 10.4 Å². The molecule has 102 valence electrons. The average molecular weight is 354 g/mol. The summed E-state index contributed by atoms with van der Waals surface area (Å²) in [6, 6.07) is 7.17. The van der Waals surface area contributed by atoms with Gasteiger partial charge in [-0.05, 0) is 35.1 Å². The zero-order valence-electron chi connectivity index (χ0n) is 9.92. The van der Waals surface area contributed by atoms with Gasteiger partial charge in [0.15, 0.2) is 10.8 Å². The highest BCUT2D eigenvalue weighted by Gasteiger charge is 2.15. The molecule has 2 N–H and O–H groups in total. The minimum absolute atomic E-state index is 0.408. The van der Waals surface area contributed by atoms with Crippen LogP contribution in [0.4, 0.5) is 0 Å². The Balaban J connectivity index is 2.31. The average Bonchev–Trinajstić information content (AvgIpc) is 2.37.